The van der Waals surface area contributed by atoms with Gasteiger partial charge in [0.25, 0.3) is 0 Å². The van der Waals surface area contributed by atoms with E-state index in [0.29, 0.717) is 23.9 Å². The molecule has 150 valence electrons. The van der Waals surface area contributed by atoms with Crippen molar-refractivity contribution in [2.75, 3.05) is 50.1 Å². The first-order valence-electron chi connectivity index (χ1n) is 9.11. The van der Waals surface area contributed by atoms with E-state index >= 15 is 0 Å². The molecule has 0 saturated carbocycles. The Labute approximate surface area is 172 Å². The van der Waals surface area contributed by atoms with Gasteiger partial charge in [0, 0.05) is 24.1 Å². The van der Waals surface area contributed by atoms with Gasteiger partial charge in [-0.2, -0.15) is 0 Å². The van der Waals surface area contributed by atoms with Crippen molar-refractivity contribution in [3.63, 3.8) is 0 Å². The van der Waals surface area contributed by atoms with E-state index in [9.17, 15) is 4.79 Å². The normalized spacial score (nSPS) is 14.5. The summed E-state index contributed by atoms with van der Waals surface area (Å²) in [6.45, 7) is 8.48. The highest BCUT2D eigenvalue weighted by Crippen LogP contribution is 2.31. The average molecular weight is 450 g/mol. The minimum atomic E-state index is -0.410. The number of carbonyl (C=O) groups excluding carboxylic acids is 1. The van der Waals surface area contributed by atoms with E-state index in [4.69, 9.17) is 9.47 Å². The van der Waals surface area contributed by atoms with Crippen molar-refractivity contribution >= 4 is 33.5 Å². The zero-order chi connectivity index (χ0) is 19.9. The SMILES string of the molecule is Cc1cnc(NC(=O)Nc2cc(Br)c(C)cc2OCCN2CCOCC2)cn1. The molecule has 3 rings (SSSR count). The number of benzene rings is 1. The Morgan fingerprint density at radius 3 is 2.71 bits per heavy atom. The van der Waals surface area contributed by atoms with Crippen LogP contribution in [0.1, 0.15) is 11.3 Å². The Kier molecular flexibility index (Phi) is 7.18. The predicted octanol–water partition coefficient (Wildman–Crippen LogP) is 3.21. The van der Waals surface area contributed by atoms with Gasteiger partial charge in [-0.25, -0.2) is 9.78 Å². The van der Waals surface area contributed by atoms with Gasteiger partial charge in [-0.3, -0.25) is 15.2 Å². The molecule has 0 unspecified atom stereocenters. The molecule has 1 aliphatic heterocycles. The molecular weight excluding hydrogens is 426 g/mol. The van der Waals surface area contributed by atoms with E-state index in [1.807, 2.05) is 26.0 Å². The maximum absolute atomic E-state index is 12.4. The molecule has 1 aliphatic rings. The highest BCUT2D eigenvalue weighted by atomic mass is 79.9. The summed E-state index contributed by atoms with van der Waals surface area (Å²) in [4.78, 5) is 22.9. The van der Waals surface area contributed by atoms with Crippen LogP contribution < -0.4 is 15.4 Å². The average Bonchev–Trinajstić information content (AvgIpc) is 2.68. The van der Waals surface area contributed by atoms with Gasteiger partial charge >= 0.3 is 6.03 Å². The third-order valence-electron chi connectivity index (χ3n) is 4.30. The summed E-state index contributed by atoms with van der Waals surface area (Å²) in [7, 11) is 0. The second-order valence-electron chi connectivity index (χ2n) is 6.52. The van der Waals surface area contributed by atoms with E-state index in [1.165, 1.54) is 6.20 Å². The minimum absolute atomic E-state index is 0.379. The first kappa shape index (κ1) is 20.5. The molecule has 1 aromatic carbocycles. The first-order valence-corrected chi connectivity index (χ1v) is 9.90. The summed E-state index contributed by atoms with van der Waals surface area (Å²) in [6, 6.07) is 3.33. The molecule has 2 N–H and O–H groups in total. The number of amides is 2. The number of hydrogen-bond donors (Lipinski definition) is 2. The van der Waals surface area contributed by atoms with Crippen molar-refractivity contribution in [1.82, 2.24) is 14.9 Å². The van der Waals surface area contributed by atoms with Crippen LogP contribution in [0.3, 0.4) is 0 Å². The second-order valence-corrected chi connectivity index (χ2v) is 7.38. The predicted molar refractivity (Wildman–Crippen MR) is 111 cm³/mol. The fourth-order valence-corrected chi connectivity index (χ4v) is 3.05. The number of anilines is 2. The lowest BCUT2D eigenvalue weighted by Crippen LogP contribution is -2.38. The zero-order valence-corrected chi connectivity index (χ0v) is 17.6. The minimum Gasteiger partial charge on any atom is -0.490 e. The number of urea groups is 1. The number of rotatable bonds is 6. The van der Waals surface area contributed by atoms with Gasteiger partial charge < -0.3 is 14.8 Å². The van der Waals surface area contributed by atoms with Crippen LogP contribution >= 0.6 is 15.9 Å². The van der Waals surface area contributed by atoms with Gasteiger partial charge in [-0.05, 0) is 31.5 Å². The van der Waals surface area contributed by atoms with Crippen LogP contribution in [0.25, 0.3) is 0 Å². The van der Waals surface area contributed by atoms with E-state index in [2.05, 4.69) is 41.4 Å². The van der Waals surface area contributed by atoms with Crippen molar-refractivity contribution in [2.24, 2.45) is 0 Å². The molecule has 2 heterocycles. The van der Waals surface area contributed by atoms with Gasteiger partial charge in [-0.1, -0.05) is 15.9 Å². The van der Waals surface area contributed by atoms with E-state index in [-0.39, 0.29) is 0 Å². The summed E-state index contributed by atoms with van der Waals surface area (Å²) in [6.07, 6.45) is 3.11. The highest BCUT2D eigenvalue weighted by Gasteiger charge is 2.14. The van der Waals surface area contributed by atoms with Gasteiger partial charge in [0.2, 0.25) is 0 Å². The number of ether oxygens (including phenoxy) is 2. The third-order valence-corrected chi connectivity index (χ3v) is 5.15. The summed E-state index contributed by atoms with van der Waals surface area (Å²) in [5.41, 5.74) is 2.39. The number of nitrogens with one attached hydrogen (secondary N) is 2. The van der Waals surface area contributed by atoms with Crippen molar-refractivity contribution in [3.05, 3.63) is 40.3 Å². The largest absolute Gasteiger partial charge is 0.490 e. The van der Waals surface area contributed by atoms with Crippen LogP contribution in [-0.2, 0) is 4.74 Å². The summed E-state index contributed by atoms with van der Waals surface area (Å²) in [5, 5.41) is 5.49. The summed E-state index contributed by atoms with van der Waals surface area (Å²) in [5.74, 6) is 1.00. The molecule has 0 spiro atoms. The monoisotopic (exact) mass is 449 g/mol. The molecule has 2 aromatic rings. The lowest BCUT2D eigenvalue weighted by Gasteiger charge is -2.26. The number of morpholine rings is 1. The molecule has 9 heteroatoms. The van der Waals surface area contributed by atoms with E-state index in [0.717, 1.165) is 48.6 Å². The highest BCUT2D eigenvalue weighted by molar-refractivity contribution is 9.10. The number of nitrogens with zero attached hydrogens (tertiary/aromatic N) is 3. The Morgan fingerprint density at radius 1 is 1.21 bits per heavy atom. The molecule has 1 fully saturated rings. The number of aromatic nitrogens is 2. The molecule has 1 aromatic heterocycles. The van der Waals surface area contributed by atoms with Crippen molar-refractivity contribution in [1.29, 1.82) is 0 Å². The molecule has 8 nitrogen and oxygen atoms in total. The van der Waals surface area contributed by atoms with Crippen LogP contribution in [0, 0.1) is 13.8 Å². The van der Waals surface area contributed by atoms with Crippen LogP contribution in [-0.4, -0.2) is 60.4 Å². The lowest BCUT2D eigenvalue weighted by molar-refractivity contribution is 0.0323. The number of hydrogen-bond acceptors (Lipinski definition) is 6. The van der Waals surface area contributed by atoms with Crippen LogP contribution in [0.2, 0.25) is 0 Å². The van der Waals surface area contributed by atoms with Gasteiger partial charge in [0.05, 0.1) is 37.0 Å². The van der Waals surface area contributed by atoms with Crippen LogP contribution in [0.4, 0.5) is 16.3 Å². The van der Waals surface area contributed by atoms with Gasteiger partial charge in [-0.15, -0.1) is 0 Å². The lowest BCUT2D eigenvalue weighted by atomic mass is 10.2. The quantitative estimate of drug-likeness (QED) is 0.703. The van der Waals surface area contributed by atoms with E-state index < -0.39 is 6.03 Å². The Balaban J connectivity index is 1.62. The molecule has 1 saturated heterocycles. The molecule has 0 aliphatic carbocycles. The Morgan fingerprint density at radius 2 is 2.00 bits per heavy atom. The van der Waals surface area contributed by atoms with Crippen molar-refractivity contribution in [2.45, 2.75) is 13.8 Å². The molecular formula is C19H24BrN5O3. The third kappa shape index (κ3) is 5.88. The van der Waals surface area contributed by atoms with E-state index in [1.54, 1.807) is 6.20 Å². The second kappa shape index (κ2) is 9.81. The zero-order valence-electron chi connectivity index (χ0n) is 16.0. The van der Waals surface area contributed by atoms with Gasteiger partial charge in [0.1, 0.15) is 12.4 Å². The molecule has 28 heavy (non-hydrogen) atoms. The fourth-order valence-electron chi connectivity index (χ4n) is 2.71. The smallest absolute Gasteiger partial charge is 0.325 e. The summed E-state index contributed by atoms with van der Waals surface area (Å²) < 4.78 is 12.2. The summed E-state index contributed by atoms with van der Waals surface area (Å²) >= 11 is 3.50. The van der Waals surface area contributed by atoms with Gasteiger partial charge in [0.15, 0.2) is 5.82 Å². The molecule has 2 amide bonds. The number of carbonyl (C=O) groups is 1. The van der Waals surface area contributed by atoms with Crippen molar-refractivity contribution in [3.8, 4) is 5.75 Å². The molecule has 0 atom stereocenters. The Bertz CT molecular complexity index is 810. The standard InChI is InChI=1S/C19H24BrN5O3/c1-13-9-17(28-8-5-25-3-6-27-7-4-25)16(10-15(13)20)23-19(26)24-18-12-21-14(2)11-22-18/h9-12H,3-8H2,1-2H3,(H2,22,23,24,26). The number of halogens is 1. The maximum atomic E-state index is 12.4. The maximum Gasteiger partial charge on any atom is 0.325 e. The van der Waals surface area contributed by atoms with Crippen LogP contribution in [0.5, 0.6) is 5.75 Å². The van der Waals surface area contributed by atoms with Crippen LogP contribution in [0.15, 0.2) is 29.0 Å². The molecule has 0 bridgehead atoms. The fraction of sp³-hybridized carbons (Fsp3) is 0.421. The molecule has 0 radical (unpaired) electrons. The first-order chi connectivity index (χ1) is 13.5. The van der Waals surface area contributed by atoms with Crippen molar-refractivity contribution < 1.29 is 14.3 Å². The Hall–Kier alpha value is -2.23. The topological polar surface area (TPSA) is 88.6 Å². The number of aryl methyl sites for hydroxylation is 2.